The van der Waals surface area contributed by atoms with Gasteiger partial charge in [-0.2, -0.15) is 0 Å². The lowest BCUT2D eigenvalue weighted by Crippen LogP contribution is -2.36. The summed E-state index contributed by atoms with van der Waals surface area (Å²) < 4.78 is 30.9. The number of carbonyl (C=O) groups excluding carboxylic acids is 2. The Hall–Kier alpha value is -4.09. The topological polar surface area (TPSA) is 142 Å². The van der Waals surface area contributed by atoms with Crippen LogP contribution < -0.4 is 10.1 Å². The van der Waals surface area contributed by atoms with Gasteiger partial charge in [0.15, 0.2) is 11.6 Å². The number of halogens is 1. The summed E-state index contributed by atoms with van der Waals surface area (Å²) in [6.07, 6.45) is 3.57. The van der Waals surface area contributed by atoms with Crippen molar-refractivity contribution in [3.8, 4) is 5.75 Å². The number of nitrogens with one attached hydrogen (secondary N) is 1. The predicted molar refractivity (Wildman–Crippen MR) is 154 cm³/mol. The fraction of sp³-hybridized carbons (Fsp3) is 0.552. The predicted octanol–water partition coefficient (Wildman–Crippen LogP) is 4.65. The minimum absolute atomic E-state index is 0.0349. The number of rotatable bonds is 16. The SMILES string of the molecule is CCOC(=O)C[C@@H](c1ccc(OCCOCCN=[N+]=[N-])c(F)c1)N1CCN(CCCc2ccc3c(n2)NCCC3)C1=O. The van der Waals surface area contributed by atoms with Crippen LogP contribution in [0, 0.1) is 5.82 Å². The molecule has 2 amide bonds. The Labute approximate surface area is 244 Å². The largest absolute Gasteiger partial charge is 0.488 e. The van der Waals surface area contributed by atoms with E-state index in [2.05, 4.69) is 27.5 Å². The van der Waals surface area contributed by atoms with Crippen LogP contribution in [0.25, 0.3) is 10.4 Å². The van der Waals surface area contributed by atoms with Gasteiger partial charge in [0.2, 0.25) is 0 Å². The average Bonchev–Trinajstić information content (AvgIpc) is 3.35. The van der Waals surface area contributed by atoms with Crippen LogP contribution in [0.1, 0.15) is 49.0 Å². The average molecular weight is 584 g/mol. The summed E-state index contributed by atoms with van der Waals surface area (Å²) in [7, 11) is 0. The maximum Gasteiger partial charge on any atom is 0.320 e. The van der Waals surface area contributed by atoms with Crippen molar-refractivity contribution < 1.29 is 28.2 Å². The minimum atomic E-state index is -0.678. The number of carbonyl (C=O) groups is 2. The lowest BCUT2D eigenvalue weighted by molar-refractivity contribution is -0.144. The van der Waals surface area contributed by atoms with Crippen LogP contribution in [0.5, 0.6) is 5.75 Å². The first kappa shape index (κ1) is 30.9. The van der Waals surface area contributed by atoms with Crippen LogP contribution in [0.4, 0.5) is 15.0 Å². The molecule has 0 bridgehead atoms. The number of anilines is 1. The molecule has 1 N–H and O–H groups in total. The molecular formula is C29H38FN7O5. The molecule has 12 nitrogen and oxygen atoms in total. The molecule has 13 heteroatoms. The first-order valence-electron chi connectivity index (χ1n) is 14.4. The Bertz CT molecular complexity index is 1270. The molecule has 2 aliphatic rings. The van der Waals surface area contributed by atoms with E-state index in [1.54, 1.807) is 22.8 Å². The van der Waals surface area contributed by atoms with Gasteiger partial charge in [-0.15, -0.1) is 0 Å². The summed E-state index contributed by atoms with van der Waals surface area (Å²) in [6, 6.07) is 7.77. The van der Waals surface area contributed by atoms with E-state index in [1.807, 2.05) is 0 Å². The first-order chi connectivity index (χ1) is 20.5. The van der Waals surface area contributed by atoms with Gasteiger partial charge >= 0.3 is 12.0 Å². The third-order valence-electron chi connectivity index (χ3n) is 7.21. The van der Waals surface area contributed by atoms with E-state index in [4.69, 9.17) is 24.7 Å². The Morgan fingerprint density at radius 1 is 1.24 bits per heavy atom. The normalized spacial score (nSPS) is 15.0. The lowest BCUT2D eigenvalue weighted by Gasteiger charge is -2.28. The molecule has 0 aliphatic carbocycles. The molecule has 1 aromatic heterocycles. The highest BCUT2D eigenvalue weighted by Crippen LogP contribution is 2.31. The molecule has 1 fully saturated rings. The molecule has 42 heavy (non-hydrogen) atoms. The number of fused-ring (bicyclic) bond motifs is 1. The second-order valence-corrected chi connectivity index (χ2v) is 10.0. The van der Waals surface area contributed by atoms with Gasteiger partial charge in [-0.05, 0) is 67.5 Å². The van der Waals surface area contributed by atoms with Gasteiger partial charge in [-0.25, -0.2) is 14.2 Å². The summed E-state index contributed by atoms with van der Waals surface area (Å²) in [5.74, 6) is -0.0683. The van der Waals surface area contributed by atoms with Crippen molar-refractivity contribution in [2.24, 2.45) is 5.11 Å². The maximum absolute atomic E-state index is 15.0. The van der Waals surface area contributed by atoms with Gasteiger partial charge in [0.1, 0.15) is 12.4 Å². The summed E-state index contributed by atoms with van der Waals surface area (Å²) >= 11 is 0. The van der Waals surface area contributed by atoms with Crippen molar-refractivity contribution in [2.75, 3.05) is 64.5 Å². The van der Waals surface area contributed by atoms with E-state index in [0.717, 1.165) is 43.7 Å². The van der Waals surface area contributed by atoms with Crippen LogP contribution >= 0.6 is 0 Å². The van der Waals surface area contributed by atoms with Gasteiger partial charge < -0.3 is 29.3 Å². The highest BCUT2D eigenvalue weighted by molar-refractivity contribution is 5.78. The Kier molecular flexibility index (Phi) is 11.6. The molecule has 1 atom stereocenters. The van der Waals surface area contributed by atoms with Crippen molar-refractivity contribution >= 4 is 17.8 Å². The summed E-state index contributed by atoms with van der Waals surface area (Å²) in [5.41, 5.74) is 11.0. The number of urea groups is 1. The zero-order valence-electron chi connectivity index (χ0n) is 24.0. The van der Waals surface area contributed by atoms with E-state index in [1.165, 1.54) is 17.7 Å². The number of ether oxygens (including phenoxy) is 3. The molecule has 4 rings (SSSR count). The zero-order valence-corrected chi connectivity index (χ0v) is 24.0. The smallest absolute Gasteiger partial charge is 0.320 e. The van der Waals surface area contributed by atoms with Crippen molar-refractivity contribution in [1.29, 1.82) is 0 Å². The lowest BCUT2D eigenvalue weighted by atomic mass is 10.0. The van der Waals surface area contributed by atoms with E-state index in [-0.39, 0.29) is 51.2 Å². The van der Waals surface area contributed by atoms with Crippen LogP contribution in [-0.4, -0.2) is 85.9 Å². The Morgan fingerprint density at radius 3 is 2.93 bits per heavy atom. The highest BCUT2D eigenvalue weighted by Gasteiger charge is 2.36. The number of aromatic nitrogens is 1. The van der Waals surface area contributed by atoms with Gasteiger partial charge in [-0.1, -0.05) is 17.2 Å². The molecule has 2 aromatic rings. The maximum atomic E-state index is 15.0. The molecule has 1 aromatic carbocycles. The summed E-state index contributed by atoms with van der Waals surface area (Å²) in [5, 5.41) is 6.72. The number of amides is 2. The summed E-state index contributed by atoms with van der Waals surface area (Å²) in [4.78, 5) is 36.7. The quantitative estimate of drug-likeness (QED) is 0.0997. The first-order valence-corrected chi connectivity index (χ1v) is 14.4. The molecular weight excluding hydrogens is 545 g/mol. The second-order valence-electron chi connectivity index (χ2n) is 10.0. The standard InChI is InChI=1S/C29H38FN7O5/c1-2-41-27(38)20-25(22-8-10-26(24(30)19-22)42-18-17-40-16-12-33-35-31)37-15-14-36(29(37)39)13-4-6-23-9-7-21-5-3-11-32-28(21)34-23/h7-10,19,25H,2-6,11-18,20H2,1H3,(H,32,34)/t25-/m0/s1. The third kappa shape index (κ3) is 8.46. The molecule has 0 spiro atoms. The van der Waals surface area contributed by atoms with Crippen molar-refractivity contribution in [1.82, 2.24) is 14.8 Å². The Morgan fingerprint density at radius 2 is 2.12 bits per heavy atom. The van der Waals surface area contributed by atoms with E-state index >= 15 is 4.39 Å². The number of pyridine rings is 1. The molecule has 3 heterocycles. The monoisotopic (exact) mass is 583 g/mol. The van der Waals surface area contributed by atoms with Gasteiger partial charge in [0.05, 0.1) is 32.3 Å². The van der Waals surface area contributed by atoms with Gasteiger partial charge in [-0.3, -0.25) is 4.79 Å². The highest BCUT2D eigenvalue weighted by atomic mass is 19.1. The summed E-state index contributed by atoms with van der Waals surface area (Å²) in [6.45, 7) is 5.10. The van der Waals surface area contributed by atoms with Crippen LogP contribution in [0.3, 0.4) is 0 Å². The number of hydrogen-bond acceptors (Lipinski definition) is 8. The number of nitrogens with zero attached hydrogens (tertiary/aromatic N) is 6. The van der Waals surface area contributed by atoms with Gasteiger partial charge in [0, 0.05) is 43.3 Å². The van der Waals surface area contributed by atoms with Crippen LogP contribution in [0.2, 0.25) is 0 Å². The third-order valence-corrected chi connectivity index (χ3v) is 7.21. The zero-order chi connectivity index (χ0) is 29.7. The van der Waals surface area contributed by atoms with Crippen LogP contribution in [0.15, 0.2) is 35.4 Å². The molecule has 2 aliphatic heterocycles. The van der Waals surface area contributed by atoms with Crippen molar-refractivity contribution in [3.05, 3.63) is 63.4 Å². The fourth-order valence-corrected chi connectivity index (χ4v) is 5.15. The van der Waals surface area contributed by atoms with Crippen LogP contribution in [-0.2, 0) is 27.1 Å². The second kappa shape index (κ2) is 15.8. The van der Waals surface area contributed by atoms with Crippen molar-refractivity contribution in [3.63, 3.8) is 0 Å². The van der Waals surface area contributed by atoms with Crippen molar-refractivity contribution in [2.45, 2.75) is 45.1 Å². The molecule has 0 radical (unpaired) electrons. The molecule has 226 valence electrons. The molecule has 0 unspecified atom stereocenters. The minimum Gasteiger partial charge on any atom is -0.488 e. The fourth-order valence-electron chi connectivity index (χ4n) is 5.15. The number of benzene rings is 1. The number of esters is 1. The Balaban J connectivity index is 1.35. The number of hydrogen-bond donors (Lipinski definition) is 1. The van der Waals surface area contributed by atoms with E-state index < -0.39 is 17.8 Å². The van der Waals surface area contributed by atoms with E-state index in [9.17, 15) is 9.59 Å². The van der Waals surface area contributed by atoms with Gasteiger partial charge in [0.25, 0.3) is 0 Å². The van der Waals surface area contributed by atoms with E-state index in [0.29, 0.717) is 25.2 Å². The molecule has 1 saturated heterocycles. The number of azide groups is 1. The molecule has 0 saturated carbocycles. The number of aryl methyl sites for hydroxylation is 2.